The first-order valence-electron chi connectivity index (χ1n) is 8.65. The molecule has 0 spiro atoms. The molecule has 0 bridgehead atoms. The van der Waals surface area contributed by atoms with Crippen LogP contribution < -0.4 is 4.72 Å². The zero-order valence-electron chi connectivity index (χ0n) is 15.1. The summed E-state index contributed by atoms with van der Waals surface area (Å²) >= 11 is 1.20. The summed E-state index contributed by atoms with van der Waals surface area (Å²) in [6.07, 6.45) is 2.92. The van der Waals surface area contributed by atoms with Gasteiger partial charge in [0.2, 0.25) is 0 Å². The van der Waals surface area contributed by atoms with Crippen LogP contribution in [0.2, 0.25) is 0 Å². The Morgan fingerprint density at radius 1 is 1.25 bits per heavy atom. The summed E-state index contributed by atoms with van der Waals surface area (Å²) in [6.45, 7) is 3.72. The lowest BCUT2D eigenvalue weighted by Gasteiger charge is -2.27. The van der Waals surface area contributed by atoms with Crippen molar-refractivity contribution >= 4 is 43.2 Å². The molecule has 1 amide bonds. The van der Waals surface area contributed by atoms with Crippen LogP contribution in [0.15, 0.2) is 41.7 Å². The van der Waals surface area contributed by atoms with Crippen molar-refractivity contribution in [3.8, 4) is 0 Å². The summed E-state index contributed by atoms with van der Waals surface area (Å²) in [4.78, 5) is 18.6. The van der Waals surface area contributed by atoms with E-state index in [0.717, 1.165) is 10.3 Å². The molecule has 8 nitrogen and oxygen atoms in total. The number of sulfonamides is 1. The molecule has 1 N–H and O–H groups in total. The van der Waals surface area contributed by atoms with Crippen LogP contribution in [0, 0.1) is 6.92 Å². The Morgan fingerprint density at radius 3 is 2.82 bits per heavy atom. The molecule has 1 aliphatic heterocycles. The molecule has 1 saturated heterocycles. The van der Waals surface area contributed by atoms with Gasteiger partial charge in [0.05, 0.1) is 40.7 Å². The number of benzene rings is 1. The predicted molar refractivity (Wildman–Crippen MR) is 106 cm³/mol. The number of nitrogens with zero attached hydrogens (tertiary/aromatic N) is 3. The average Bonchev–Trinajstić information content (AvgIpc) is 3.16. The highest BCUT2D eigenvalue weighted by Crippen LogP contribution is 2.27. The van der Waals surface area contributed by atoms with Crippen LogP contribution in [0.1, 0.15) is 15.9 Å². The molecule has 0 aliphatic carbocycles. The summed E-state index contributed by atoms with van der Waals surface area (Å²) in [6, 6.07) is 6.79. The van der Waals surface area contributed by atoms with Gasteiger partial charge < -0.3 is 9.64 Å². The molecule has 10 heteroatoms. The standard InChI is InChI=1S/C18H18N4O4S2/c1-12-2-3-13(18(23)22-6-8-26-9-7-22)15(10-12)21-28(24,25)17-14-11-20-27-16(14)4-5-19-17/h2-5,10-11,21H,6-9H2,1H3. The molecule has 0 radical (unpaired) electrons. The van der Waals surface area contributed by atoms with Crippen molar-refractivity contribution in [2.45, 2.75) is 11.9 Å². The Bertz CT molecular complexity index is 1140. The number of morpholine rings is 1. The average molecular weight is 419 g/mol. The molecular weight excluding hydrogens is 400 g/mol. The van der Waals surface area contributed by atoms with Crippen molar-refractivity contribution in [3.05, 3.63) is 47.8 Å². The fraction of sp³-hybridized carbons (Fsp3) is 0.278. The third-order valence-electron chi connectivity index (χ3n) is 4.45. The number of carbonyl (C=O) groups is 1. The molecule has 1 aromatic carbocycles. The molecule has 28 heavy (non-hydrogen) atoms. The number of rotatable bonds is 4. The molecule has 1 fully saturated rings. The van der Waals surface area contributed by atoms with Gasteiger partial charge in [0.25, 0.3) is 15.9 Å². The molecule has 146 valence electrons. The maximum atomic E-state index is 13.0. The predicted octanol–water partition coefficient (Wildman–Crippen LogP) is 2.27. The molecule has 3 aromatic rings. The third-order valence-corrected chi connectivity index (χ3v) is 6.54. The number of hydrogen-bond acceptors (Lipinski definition) is 7. The Labute approximate surface area is 166 Å². The molecule has 0 atom stereocenters. The van der Waals surface area contributed by atoms with Crippen LogP contribution in [-0.4, -0.2) is 54.9 Å². The second-order valence-corrected chi connectivity index (χ2v) is 8.84. The van der Waals surface area contributed by atoms with Gasteiger partial charge in [0.15, 0.2) is 5.03 Å². The van der Waals surface area contributed by atoms with Gasteiger partial charge >= 0.3 is 0 Å². The number of ether oxygens (including phenoxy) is 1. The highest BCUT2D eigenvalue weighted by Gasteiger charge is 2.25. The minimum Gasteiger partial charge on any atom is -0.378 e. The van der Waals surface area contributed by atoms with Gasteiger partial charge in [-0.05, 0) is 42.2 Å². The minimum absolute atomic E-state index is 0.106. The number of aryl methyl sites for hydroxylation is 1. The van der Waals surface area contributed by atoms with Crippen molar-refractivity contribution in [3.63, 3.8) is 0 Å². The van der Waals surface area contributed by atoms with E-state index in [9.17, 15) is 13.2 Å². The maximum absolute atomic E-state index is 13.0. The van der Waals surface area contributed by atoms with Gasteiger partial charge in [-0.3, -0.25) is 9.52 Å². The monoisotopic (exact) mass is 418 g/mol. The molecule has 3 heterocycles. The molecule has 2 aromatic heterocycles. The molecule has 0 saturated carbocycles. The van der Waals surface area contributed by atoms with Gasteiger partial charge in [-0.15, -0.1) is 0 Å². The van der Waals surface area contributed by atoms with Gasteiger partial charge in [-0.25, -0.2) is 4.98 Å². The number of amides is 1. The number of hydrogen-bond donors (Lipinski definition) is 1. The zero-order chi connectivity index (χ0) is 19.7. The van der Waals surface area contributed by atoms with Crippen LogP contribution in [0.25, 0.3) is 10.1 Å². The highest BCUT2D eigenvalue weighted by atomic mass is 32.2. The van der Waals surface area contributed by atoms with Crippen LogP contribution in [0.3, 0.4) is 0 Å². The second kappa shape index (κ2) is 7.46. The van der Waals surface area contributed by atoms with Crippen molar-refractivity contribution in [2.24, 2.45) is 0 Å². The van der Waals surface area contributed by atoms with E-state index in [1.807, 2.05) is 6.92 Å². The summed E-state index contributed by atoms with van der Waals surface area (Å²) in [5.74, 6) is -0.232. The fourth-order valence-electron chi connectivity index (χ4n) is 3.04. The fourth-order valence-corrected chi connectivity index (χ4v) is 4.96. The Kier molecular flexibility index (Phi) is 5.00. The van der Waals surface area contributed by atoms with E-state index in [1.165, 1.54) is 23.9 Å². The Morgan fingerprint density at radius 2 is 2.04 bits per heavy atom. The van der Waals surface area contributed by atoms with Crippen LogP contribution in [0.4, 0.5) is 5.69 Å². The summed E-state index contributed by atoms with van der Waals surface area (Å²) in [5, 5.41) is 0.346. The van der Waals surface area contributed by atoms with E-state index in [-0.39, 0.29) is 16.6 Å². The lowest BCUT2D eigenvalue weighted by Crippen LogP contribution is -2.41. The van der Waals surface area contributed by atoms with Crippen molar-refractivity contribution in [1.29, 1.82) is 0 Å². The van der Waals surface area contributed by atoms with E-state index in [4.69, 9.17) is 4.74 Å². The quantitative estimate of drug-likeness (QED) is 0.697. The molecular formula is C18H18N4O4S2. The van der Waals surface area contributed by atoms with Crippen molar-refractivity contribution < 1.29 is 17.9 Å². The SMILES string of the molecule is Cc1ccc(C(=O)N2CCOCC2)c(NS(=O)(=O)c2nccc3sncc23)c1. The normalized spacial score (nSPS) is 15.0. The molecule has 0 unspecified atom stereocenters. The first-order chi connectivity index (χ1) is 13.5. The number of aromatic nitrogens is 2. The van der Waals surface area contributed by atoms with Crippen LogP contribution >= 0.6 is 11.5 Å². The smallest absolute Gasteiger partial charge is 0.280 e. The van der Waals surface area contributed by atoms with Gasteiger partial charge in [0, 0.05) is 19.3 Å². The number of anilines is 1. The summed E-state index contributed by atoms with van der Waals surface area (Å²) in [7, 11) is -4.00. The van der Waals surface area contributed by atoms with E-state index in [0.29, 0.717) is 37.3 Å². The van der Waals surface area contributed by atoms with Gasteiger partial charge in [-0.2, -0.15) is 12.8 Å². The summed E-state index contributed by atoms with van der Waals surface area (Å²) in [5.41, 5.74) is 1.37. The Balaban J connectivity index is 1.72. The minimum atomic E-state index is -4.00. The lowest BCUT2D eigenvalue weighted by atomic mass is 10.1. The van der Waals surface area contributed by atoms with Crippen molar-refractivity contribution in [2.75, 3.05) is 31.0 Å². The molecule has 4 rings (SSSR count). The van der Waals surface area contributed by atoms with Crippen LogP contribution in [0.5, 0.6) is 0 Å². The first-order valence-corrected chi connectivity index (χ1v) is 10.9. The second-order valence-electron chi connectivity index (χ2n) is 6.41. The maximum Gasteiger partial charge on any atom is 0.280 e. The van der Waals surface area contributed by atoms with E-state index in [1.54, 1.807) is 29.2 Å². The van der Waals surface area contributed by atoms with Gasteiger partial charge in [-0.1, -0.05) is 6.07 Å². The highest BCUT2D eigenvalue weighted by molar-refractivity contribution is 7.92. The zero-order valence-corrected chi connectivity index (χ0v) is 16.7. The Hall–Kier alpha value is -2.56. The van der Waals surface area contributed by atoms with Gasteiger partial charge in [0.1, 0.15) is 0 Å². The molecule has 1 aliphatic rings. The summed E-state index contributed by atoms with van der Waals surface area (Å²) < 4.78 is 38.7. The third kappa shape index (κ3) is 3.58. The first kappa shape index (κ1) is 18.8. The number of fused-ring (bicyclic) bond motifs is 1. The number of carbonyl (C=O) groups excluding carboxylic acids is 1. The topological polar surface area (TPSA) is 101 Å². The van der Waals surface area contributed by atoms with Crippen LogP contribution in [-0.2, 0) is 14.8 Å². The number of nitrogens with one attached hydrogen (secondary N) is 1. The lowest BCUT2D eigenvalue weighted by molar-refractivity contribution is 0.0303. The van der Waals surface area contributed by atoms with E-state index < -0.39 is 10.0 Å². The number of pyridine rings is 1. The largest absolute Gasteiger partial charge is 0.378 e. The van der Waals surface area contributed by atoms with E-state index >= 15 is 0 Å². The van der Waals surface area contributed by atoms with E-state index in [2.05, 4.69) is 14.1 Å². The van der Waals surface area contributed by atoms with Crippen molar-refractivity contribution in [1.82, 2.24) is 14.3 Å².